The first-order valence-electron chi connectivity index (χ1n) is 7.59. The van der Waals surface area contributed by atoms with E-state index in [1.807, 2.05) is 11.9 Å². The third kappa shape index (κ3) is 6.27. The first-order chi connectivity index (χ1) is 10.1. The molecule has 0 aromatic carbocycles. The van der Waals surface area contributed by atoms with Crippen LogP contribution in [0, 0.1) is 0 Å². The van der Waals surface area contributed by atoms with Gasteiger partial charge in [-0.15, -0.1) is 0 Å². The molecule has 0 radical (unpaired) electrons. The minimum atomic E-state index is -0.0679. The Balaban J connectivity index is 2.52. The topological polar surface area (TPSA) is 59.4 Å². The second-order valence-electron chi connectivity index (χ2n) is 5.33. The van der Waals surface area contributed by atoms with Crippen molar-refractivity contribution in [1.29, 1.82) is 0 Å². The van der Waals surface area contributed by atoms with Gasteiger partial charge < -0.3 is 15.0 Å². The number of nitrogens with one attached hydrogen (secondary N) is 1. The quantitative estimate of drug-likeness (QED) is 0.701. The van der Waals surface area contributed by atoms with Gasteiger partial charge in [0.25, 0.3) is 5.56 Å². The van der Waals surface area contributed by atoms with Crippen LogP contribution >= 0.6 is 0 Å². The summed E-state index contributed by atoms with van der Waals surface area (Å²) in [4.78, 5) is 14.0. The maximum Gasteiger partial charge on any atom is 0.268 e. The summed E-state index contributed by atoms with van der Waals surface area (Å²) < 4.78 is 6.53. The lowest BCUT2D eigenvalue weighted by Gasteiger charge is -2.18. The van der Waals surface area contributed by atoms with E-state index in [4.69, 9.17) is 4.74 Å². The first kappa shape index (κ1) is 17.7. The summed E-state index contributed by atoms with van der Waals surface area (Å²) in [5, 5.41) is 7.63. The molecule has 0 spiro atoms. The van der Waals surface area contributed by atoms with E-state index in [9.17, 15) is 4.79 Å². The molecule has 120 valence electrons. The van der Waals surface area contributed by atoms with Gasteiger partial charge in [0.05, 0.1) is 25.0 Å². The molecule has 0 bridgehead atoms. The SMILES string of the molecule is CCCC(C)NCCn1ncc(N(C)CCOC)cc1=O. The normalized spacial score (nSPS) is 12.4. The van der Waals surface area contributed by atoms with Crippen LogP contribution in [0.25, 0.3) is 0 Å². The Kier molecular flexibility index (Phi) is 8.00. The monoisotopic (exact) mass is 296 g/mol. The molecular formula is C15H28N4O2. The zero-order chi connectivity index (χ0) is 15.7. The van der Waals surface area contributed by atoms with Gasteiger partial charge in [-0.3, -0.25) is 4.79 Å². The molecule has 6 heteroatoms. The molecule has 1 aromatic heterocycles. The van der Waals surface area contributed by atoms with Crippen LogP contribution in [0.4, 0.5) is 5.69 Å². The van der Waals surface area contributed by atoms with Crippen LogP contribution in [0.15, 0.2) is 17.1 Å². The van der Waals surface area contributed by atoms with Crippen molar-refractivity contribution in [3.8, 4) is 0 Å². The molecule has 1 unspecified atom stereocenters. The van der Waals surface area contributed by atoms with Gasteiger partial charge in [0.1, 0.15) is 0 Å². The summed E-state index contributed by atoms with van der Waals surface area (Å²) in [6.07, 6.45) is 4.03. The third-order valence-electron chi connectivity index (χ3n) is 3.46. The fraction of sp³-hybridized carbons (Fsp3) is 0.733. The van der Waals surface area contributed by atoms with E-state index >= 15 is 0 Å². The summed E-state index contributed by atoms with van der Waals surface area (Å²) >= 11 is 0. The van der Waals surface area contributed by atoms with Crippen LogP contribution in [0.2, 0.25) is 0 Å². The third-order valence-corrected chi connectivity index (χ3v) is 3.46. The number of hydrogen-bond donors (Lipinski definition) is 1. The number of anilines is 1. The summed E-state index contributed by atoms with van der Waals surface area (Å²) in [7, 11) is 3.59. The van der Waals surface area contributed by atoms with E-state index < -0.39 is 0 Å². The predicted molar refractivity (Wildman–Crippen MR) is 86.0 cm³/mol. The minimum Gasteiger partial charge on any atom is -0.383 e. The van der Waals surface area contributed by atoms with Crippen molar-refractivity contribution in [1.82, 2.24) is 15.1 Å². The molecule has 0 fully saturated rings. The van der Waals surface area contributed by atoms with E-state index in [0.717, 1.165) is 31.6 Å². The highest BCUT2D eigenvalue weighted by molar-refractivity contribution is 5.41. The Morgan fingerprint density at radius 2 is 2.29 bits per heavy atom. The number of hydrogen-bond acceptors (Lipinski definition) is 5. The van der Waals surface area contributed by atoms with E-state index in [1.54, 1.807) is 19.4 Å². The second-order valence-corrected chi connectivity index (χ2v) is 5.33. The Morgan fingerprint density at radius 1 is 1.52 bits per heavy atom. The van der Waals surface area contributed by atoms with E-state index in [1.165, 1.54) is 4.68 Å². The Morgan fingerprint density at radius 3 is 2.90 bits per heavy atom. The average Bonchev–Trinajstić information content (AvgIpc) is 2.46. The van der Waals surface area contributed by atoms with Crippen LogP contribution in [-0.4, -0.2) is 49.7 Å². The highest BCUT2D eigenvalue weighted by Gasteiger charge is 2.05. The number of likely N-dealkylation sites (N-methyl/N-ethyl adjacent to an activating group) is 1. The molecule has 1 rings (SSSR count). The summed E-state index contributed by atoms with van der Waals surface area (Å²) in [5.74, 6) is 0. The molecule has 21 heavy (non-hydrogen) atoms. The first-order valence-corrected chi connectivity index (χ1v) is 7.59. The van der Waals surface area contributed by atoms with Crippen LogP contribution in [-0.2, 0) is 11.3 Å². The number of methoxy groups -OCH3 is 1. The van der Waals surface area contributed by atoms with Gasteiger partial charge in [0, 0.05) is 39.4 Å². The zero-order valence-electron chi connectivity index (χ0n) is 13.6. The van der Waals surface area contributed by atoms with Crippen molar-refractivity contribution in [3.05, 3.63) is 22.6 Å². The fourth-order valence-corrected chi connectivity index (χ4v) is 2.11. The Labute approximate surface area is 127 Å². The van der Waals surface area contributed by atoms with Gasteiger partial charge in [-0.25, -0.2) is 4.68 Å². The van der Waals surface area contributed by atoms with Crippen LogP contribution in [0.1, 0.15) is 26.7 Å². The highest BCUT2D eigenvalue weighted by atomic mass is 16.5. The summed E-state index contributed by atoms with van der Waals surface area (Å²) in [5.41, 5.74) is 0.752. The van der Waals surface area contributed by atoms with Crippen LogP contribution in [0.3, 0.4) is 0 Å². The molecule has 0 saturated carbocycles. The van der Waals surface area contributed by atoms with Gasteiger partial charge >= 0.3 is 0 Å². The molecule has 0 aliphatic carbocycles. The number of aromatic nitrogens is 2. The Hall–Kier alpha value is -1.40. The van der Waals surface area contributed by atoms with Crippen molar-refractivity contribution in [2.45, 2.75) is 39.3 Å². The van der Waals surface area contributed by atoms with Crippen molar-refractivity contribution < 1.29 is 4.74 Å². The standard InChI is InChI=1S/C15H28N4O2/c1-5-6-13(2)16-7-8-19-15(20)11-14(12-17-19)18(3)9-10-21-4/h11-13,16H,5-10H2,1-4H3. The van der Waals surface area contributed by atoms with Gasteiger partial charge in [0.15, 0.2) is 0 Å². The second kappa shape index (κ2) is 9.52. The molecular weight excluding hydrogens is 268 g/mol. The zero-order valence-corrected chi connectivity index (χ0v) is 13.6. The number of nitrogens with zero attached hydrogens (tertiary/aromatic N) is 3. The molecule has 1 aromatic rings. The van der Waals surface area contributed by atoms with Crippen molar-refractivity contribution in [3.63, 3.8) is 0 Å². The molecule has 0 aliphatic heterocycles. The number of rotatable bonds is 10. The van der Waals surface area contributed by atoms with Crippen molar-refractivity contribution in [2.75, 3.05) is 38.8 Å². The summed E-state index contributed by atoms with van der Waals surface area (Å²) in [6.45, 7) is 7.04. The fourth-order valence-electron chi connectivity index (χ4n) is 2.11. The lowest BCUT2D eigenvalue weighted by Crippen LogP contribution is -2.33. The van der Waals surface area contributed by atoms with Crippen LogP contribution in [0.5, 0.6) is 0 Å². The average molecular weight is 296 g/mol. The largest absolute Gasteiger partial charge is 0.383 e. The van der Waals surface area contributed by atoms with E-state index in [2.05, 4.69) is 24.3 Å². The van der Waals surface area contributed by atoms with Crippen molar-refractivity contribution in [2.24, 2.45) is 0 Å². The van der Waals surface area contributed by atoms with Crippen molar-refractivity contribution >= 4 is 5.69 Å². The lowest BCUT2D eigenvalue weighted by molar-refractivity contribution is 0.206. The lowest BCUT2D eigenvalue weighted by atomic mass is 10.2. The number of ether oxygens (including phenoxy) is 1. The molecule has 1 N–H and O–H groups in total. The minimum absolute atomic E-state index is 0.0679. The summed E-state index contributed by atoms with van der Waals surface area (Å²) in [6, 6.07) is 2.10. The molecule has 0 amide bonds. The van der Waals surface area contributed by atoms with Gasteiger partial charge in [-0.2, -0.15) is 5.10 Å². The molecule has 1 heterocycles. The molecule has 6 nitrogen and oxygen atoms in total. The maximum atomic E-state index is 12.0. The van der Waals surface area contributed by atoms with Gasteiger partial charge in [0.2, 0.25) is 0 Å². The Bertz CT molecular complexity index is 461. The maximum absolute atomic E-state index is 12.0. The molecule has 1 atom stereocenters. The predicted octanol–water partition coefficient (Wildman–Crippen LogP) is 1.10. The van der Waals surface area contributed by atoms with E-state index in [0.29, 0.717) is 19.2 Å². The molecule has 0 aliphatic rings. The smallest absolute Gasteiger partial charge is 0.268 e. The molecule has 0 saturated heterocycles. The van der Waals surface area contributed by atoms with Gasteiger partial charge in [-0.1, -0.05) is 13.3 Å². The van der Waals surface area contributed by atoms with E-state index in [-0.39, 0.29) is 5.56 Å². The highest BCUT2D eigenvalue weighted by Crippen LogP contribution is 2.06. The van der Waals surface area contributed by atoms with Gasteiger partial charge in [-0.05, 0) is 13.3 Å². The van der Waals surface area contributed by atoms with Crippen LogP contribution < -0.4 is 15.8 Å².